The van der Waals surface area contributed by atoms with Crippen molar-refractivity contribution in [1.29, 1.82) is 0 Å². The molecule has 0 aliphatic heterocycles. The van der Waals surface area contributed by atoms with E-state index in [1.54, 1.807) is 6.08 Å². The van der Waals surface area contributed by atoms with Crippen molar-refractivity contribution in [2.24, 2.45) is 0 Å². The molecule has 1 N–H and O–H groups in total. The minimum absolute atomic E-state index is 0. The van der Waals surface area contributed by atoms with Gasteiger partial charge in [-0.1, -0.05) is 116 Å². The van der Waals surface area contributed by atoms with Gasteiger partial charge in [0.05, 0.1) is 5.52 Å². The zero-order valence-electron chi connectivity index (χ0n) is 23.0. The molecule has 0 radical (unpaired) electrons. The Hall–Kier alpha value is -5.60. The van der Waals surface area contributed by atoms with Crippen LogP contribution in [0, 0.1) is 0 Å². The highest BCUT2D eigenvalue weighted by atomic mass is 16.3. The van der Waals surface area contributed by atoms with E-state index >= 15 is 0 Å². The number of aromatic nitrogens is 1. The largest absolute Gasteiger partial charge is 0.457 e. The minimum atomic E-state index is 0. The number of rotatable bonds is 4. The van der Waals surface area contributed by atoms with Crippen molar-refractivity contribution in [3.8, 4) is 33.4 Å². The second-order valence-electron chi connectivity index (χ2n) is 10.8. The van der Waals surface area contributed by atoms with Crippen LogP contribution in [-0.4, -0.2) is 4.98 Å². The normalized spacial score (nSPS) is 12.1. The number of nitrogens with one attached hydrogen (secondary N) is 1. The zero-order valence-corrected chi connectivity index (χ0v) is 23.0. The highest BCUT2D eigenvalue weighted by Crippen LogP contribution is 2.38. The van der Waals surface area contributed by atoms with E-state index in [1.807, 2.05) is 6.08 Å². The van der Waals surface area contributed by atoms with Gasteiger partial charge in [-0.2, -0.15) is 0 Å². The van der Waals surface area contributed by atoms with Crippen LogP contribution in [0.3, 0.4) is 0 Å². The van der Waals surface area contributed by atoms with Crippen LogP contribution in [0.5, 0.6) is 0 Å². The molecule has 0 saturated heterocycles. The Morgan fingerprint density at radius 1 is 0.619 bits per heavy atom. The maximum atomic E-state index is 5.98. The topological polar surface area (TPSA) is 28.9 Å². The van der Waals surface area contributed by atoms with Gasteiger partial charge in [-0.3, -0.25) is 0 Å². The van der Waals surface area contributed by atoms with Crippen LogP contribution in [0.25, 0.3) is 89.6 Å². The van der Waals surface area contributed by atoms with E-state index in [0.717, 1.165) is 32.8 Å². The molecule has 0 atom stereocenters. The molecule has 0 aliphatic rings. The molecule has 8 rings (SSSR count). The summed E-state index contributed by atoms with van der Waals surface area (Å²) in [6.45, 7) is 7.88. The van der Waals surface area contributed by atoms with E-state index in [-0.39, 0.29) is 1.43 Å². The molecule has 2 heteroatoms. The molecule has 0 bridgehead atoms. The smallest absolute Gasteiger partial charge is 0.136 e. The first-order valence-electron chi connectivity index (χ1n) is 14.2. The van der Waals surface area contributed by atoms with Crippen LogP contribution in [0.1, 0.15) is 1.43 Å². The van der Waals surface area contributed by atoms with Crippen molar-refractivity contribution in [3.63, 3.8) is 0 Å². The highest BCUT2D eigenvalue weighted by Gasteiger charge is 2.13. The number of furan rings is 1. The number of para-hydroxylation sites is 1. The molecule has 8 aromatic rings. The molecular weight excluding hydrogens is 510 g/mol. The summed E-state index contributed by atoms with van der Waals surface area (Å²) < 4.78 is 5.98. The Morgan fingerprint density at radius 2 is 1.31 bits per heavy atom. The molecule has 6 aromatic carbocycles. The molecule has 200 valence electrons. The average Bonchev–Trinajstić information content (AvgIpc) is 3.58. The van der Waals surface area contributed by atoms with Crippen LogP contribution in [0.15, 0.2) is 138 Å². The molecule has 2 nitrogen and oxygen atoms in total. The van der Waals surface area contributed by atoms with Crippen LogP contribution in [0.2, 0.25) is 0 Å². The number of hydrogen-bond acceptors (Lipinski definition) is 1. The van der Waals surface area contributed by atoms with E-state index in [1.165, 1.54) is 49.3 Å². The van der Waals surface area contributed by atoms with Gasteiger partial charge < -0.3 is 9.40 Å². The summed E-state index contributed by atoms with van der Waals surface area (Å²) >= 11 is 0. The fourth-order valence-electron chi connectivity index (χ4n) is 6.33. The van der Waals surface area contributed by atoms with Crippen LogP contribution in [0.4, 0.5) is 0 Å². The fraction of sp³-hybridized carbons (Fsp3) is 0. The Balaban J connectivity index is 0.00000300. The summed E-state index contributed by atoms with van der Waals surface area (Å²) in [6, 6.07) is 43.5. The lowest BCUT2D eigenvalue weighted by molar-refractivity contribution is 0.577. The molecule has 2 aromatic heterocycles. The van der Waals surface area contributed by atoms with Crippen molar-refractivity contribution < 1.29 is 5.84 Å². The van der Waals surface area contributed by atoms with Gasteiger partial charge in [0.1, 0.15) is 11.0 Å². The standard InChI is InChI=1S/C40H27NO.H2/c1-3-9-32-25(2)42-38-24-30(18-20-35(32)38)28-12-6-11-27(22-28)29-13-7-14-31(23-29)34-16-8-17-36-39-33-15-5-4-10-26(33)19-21-37(39)41-40(34)36;/h3-24,41H,1-2H2;1H/b32-9+;. The van der Waals surface area contributed by atoms with Crippen molar-refractivity contribution in [3.05, 3.63) is 145 Å². The summed E-state index contributed by atoms with van der Waals surface area (Å²) in [6.07, 6.45) is 3.71. The van der Waals surface area contributed by atoms with E-state index < -0.39 is 0 Å². The third-order valence-electron chi connectivity index (χ3n) is 8.32. The Bertz CT molecular complexity index is 2460. The number of fused-ring (bicyclic) bond motifs is 6. The summed E-state index contributed by atoms with van der Waals surface area (Å²) in [4.78, 5) is 3.73. The van der Waals surface area contributed by atoms with E-state index in [9.17, 15) is 0 Å². The summed E-state index contributed by atoms with van der Waals surface area (Å²) in [5.41, 5.74) is 10.8. The average molecular weight is 540 g/mol. The number of benzene rings is 6. The maximum Gasteiger partial charge on any atom is 0.136 e. The summed E-state index contributed by atoms with van der Waals surface area (Å²) in [5.74, 6) is 0. The van der Waals surface area contributed by atoms with E-state index in [0.29, 0.717) is 5.42 Å². The molecule has 42 heavy (non-hydrogen) atoms. The second-order valence-corrected chi connectivity index (χ2v) is 10.8. The van der Waals surface area contributed by atoms with Crippen molar-refractivity contribution >= 4 is 56.2 Å². The van der Waals surface area contributed by atoms with Crippen LogP contribution < -0.4 is 10.6 Å². The van der Waals surface area contributed by atoms with Crippen LogP contribution in [-0.2, 0) is 0 Å². The van der Waals surface area contributed by atoms with Gasteiger partial charge in [-0.15, -0.1) is 0 Å². The number of H-pyrrole nitrogens is 1. The molecule has 0 unspecified atom stereocenters. The first-order chi connectivity index (χ1) is 20.7. The molecule has 0 saturated carbocycles. The summed E-state index contributed by atoms with van der Waals surface area (Å²) in [7, 11) is 0. The number of allylic oxidation sites excluding steroid dienone is 1. The predicted octanol–water partition coefficient (Wildman–Crippen LogP) is 9.84. The van der Waals surface area contributed by atoms with Gasteiger partial charge in [0.15, 0.2) is 0 Å². The maximum absolute atomic E-state index is 5.98. The van der Waals surface area contributed by atoms with Crippen molar-refractivity contribution in [1.82, 2.24) is 4.98 Å². The highest BCUT2D eigenvalue weighted by molar-refractivity contribution is 6.22. The van der Waals surface area contributed by atoms with Gasteiger partial charge in [-0.25, -0.2) is 0 Å². The molecule has 0 fully saturated rings. The SMILES string of the molecule is C=C/C=c1\c(=C)oc2cc(-c3cccc(-c4cccc(-c5cccc6c5[nH]c5ccc7ccccc7c56)c4)c3)ccc12.[HH]. The van der Waals surface area contributed by atoms with Gasteiger partial charge in [-0.05, 0) is 68.9 Å². The monoisotopic (exact) mass is 539 g/mol. The molecular formula is C40H29NO. The van der Waals surface area contributed by atoms with Gasteiger partial charge in [0.25, 0.3) is 0 Å². The predicted molar refractivity (Wildman–Crippen MR) is 181 cm³/mol. The van der Waals surface area contributed by atoms with Crippen LogP contribution >= 0.6 is 0 Å². The molecule has 0 spiro atoms. The first-order valence-corrected chi connectivity index (χ1v) is 14.2. The van der Waals surface area contributed by atoms with Gasteiger partial charge in [0.2, 0.25) is 0 Å². The summed E-state index contributed by atoms with van der Waals surface area (Å²) in [5, 5.41) is 7.09. The zero-order chi connectivity index (χ0) is 28.2. The quantitative estimate of drug-likeness (QED) is 0.237. The third kappa shape index (κ3) is 3.81. The lowest BCUT2D eigenvalue weighted by atomic mass is 9.95. The van der Waals surface area contributed by atoms with Gasteiger partial charge in [0, 0.05) is 33.9 Å². The first kappa shape index (κ1) is 24.2. The Kier molecular flexibility index (Phi) is 5.48. The van der Waals surface area contributed by atoms with Gasteiger partial charge >= 0.3 is 0 Å². The number of hydrogen-bond donors (Lipinski definition) is 1. The van der Waals surface area contributed by atoms with Crippen molar-refractivity contribution in [2.45, 2.75) is 0 Å². The van der Waals surface area contributed by atoms with E-state index in [2.05, 4.69) is 139 Å². The molecule has 0 amide bonds. The lowest BCUT2D eigenvalue weighted by Gasteiger charge is -2.09. The Labute approximate surface area is 244 Å². The third-order valence-corrected chi connectivity index (χ3v) is 8.32. The Morgan fingerprint density at radius 3 is 2.12 bits per heavy atom. The number of aromatic amines is 1. The second kappa shape index (κ2) is 9.50. The van der Waals surface area contributed by atoms with E-state index in [4.69, 9.17) is 4.42 Å². The lowest BCUT2D eigenvalue weighted by Crippen LogP contribution is -2.17. The minimum Gasteiger partial charge on any atom is -0.457 e. The fourth-order valence-corrected chi connectivity index (χ4v) is 6.33. The molecule has 0 aliphatic carbocycles. The van der Waals surface area contributed by atoms with Crippen molar-refractivity contribution in [2.75, 3.05) is 0 Å². The molecule has 2 heterocycles.